The number of H-pyrrole nitrogens is 1. The predicted octanol–water partition coefficient (Wildman–Crippen LogP) is 3.51. The summed E-state index contributed by atoms with van der Waals surface area (Å²) in [6.07, 6.45) is -0.579. The highest BCUT2D eigenvalue weighted by atomic mass is 16.5. The van der Waals surface area contributed by atoms with Crippen LogP contribution in [0.15, 0.2) is 48.5 Å². The summed E-state index contributed by atoms with van der Waals surface area (Å²) in [5, 5.41) is 11.7. The molecule has 1 unspecified atom stereocenters. The Morgan fingerprint density at radius 2 is 2.00 bits per heavy atom. The Hall–Kier alpha value is -3.02. The Morgan fingerprint density at radius 1 is 1.25 bits per heavy atom. The van der Waals surface area contributed by atoms with Crippen LogP contribution in [0, 0.1) is 0 Å². The fourth-order valence-corrected chi connectivity index (χ4v) is 2.63. The Kier molecular flexibility index (Phi) is 4.65. The highest BCUT2D eigenvalue weighted by molar-refractivity contribution is 5.75. The molecule has 6 nitrogen and oxygen atoms in total. The number of carboxylic acid groups (broad SMARTS) is 1. The number of nitrogens with zero attached hydrogens (tertiary/aromatic N) is 1. The van der Waals surface area contributed by atoms with Crippen LogP contribution in [0.25, 0.3) is 11.0 Å². The molecule has 6 heteroatoms. The fraction of sp³-hybridized carbons (Fsp3) is 0.222. The van der Waals surface area contributed by atoms with E-state index in [1.807, 2.05) is 55.5 Å². The Labute approximate surface area is 139 Å². The van der Waals surface area contributed by atoms with Gasteiger partial charge in [-0.25, -0.2) is 9.78 Å². The van der Waals surface area contributed by atoms with Crippen molar-refractivity contribution in [1.29, 1.82) is 0 Å². The molecule has 3 aromatic rings. The summed E-state index contributed by atoms with van der Waals surface area (Å²) in [6.45, 7) is 2.55. The number of hydrogen-bond acceptors (Lipinski definition) is 3. The summed E-state index contributed by atoms with van der Waals surface area (Å²) in [5.41, 5.74) is 2.70. The number of amides is 1. The van der Waals surface area contributed by atoms with Gasteiger partial charge in [0.15, 0.2) is 0 Å². The Morgan fingerprint density at radius 3 is 2.67 bits per heavy atom. The minimum atomic E-state index is -1.08. The van der Waals surface area contributed by atoms with Crippen LogP contribution in [0.5, 0.6) is 5.75 Å². The second-order valence-electron chi connectivity index (χ2n) is 5.42. The lowest BCUT2D eigenvalue weighted by molar-refractivity contribution is 0.189. The van der Waals surface area contributed by atoms with E-state index in [0.29, 0.717) is 18.9 Å². The van der Waals surface area contributed by atoms with E-state index in [4.69, 9.17) is 9.84 Å². The van der Waals surface area contributed by atoms with E-state index >= 15 is 0 Å². The van der Waals surface area contributed by atoms with Gasteiger partial charge in [-0.1, -0.05) is 24.3 Å². The summed E-state index contributed by atoms with van der Waals surface area (Å²) in [4.78, 5) is 18.8. The maximum atomic E-state index is 11.2. The molecule has 0 bridgehead atoms. The molecule has 0 saturated carbocycles. The smallest absolute Gasteiger partial charge is 0.405 e. The number of para-hydroxylation sites is 2. The van der Waals surface area contributed by atoms with Crippen LogP contribution in [0.1, 0.15) is 24.4 Å². The minimum Gasteiger partial charge on any atom is -0.494 e. The summed E-state index contributed by atoms with van der Waals surface area (Å²) < 4.78 is 5.43. The van der Waals surface area contributed by atoms with Crippen LogP contribution in [-0.4, -0.2) is 27.8 Å². The molecule has 0 spiro atoms. The van der Waals surface area contributed by atoms with Crippen LogP contribution >= 0.6 is 0 Å². The van der Waals surface area contributed by atoms with Gasteiger partial charge in [0.1, 0.15) is 11.6 Å². The van der Waals surface area contributed by atoms with E-state index in [2.05, 4.69) is 15.3 Å². The molecule has 0 aliphatic carbocycles. The number of fused-ring (bicyclic) bond motifs is 1. The van der Waals surface area contributed by atoms with Gasteiger partial charge >= 0.3 is 6.09 Å². The van der Waals surface area contributed by atoms with Gasteiger partial charge in [-0.15, -0.1) is 0 Å². The van der Waals surface area contributed by atoms with Gasteiger partial charge < -0.3 is 20.1 Å². The first-order chi connectivity index (χ1) is 11.7. The molecule has 0 fully saturated rings. The van der Waals surface area contributed by atoms with E-state index in [1.165, 1.54) is 0 Å². The molecule has 1 amide bonds. The lowest BCUT2D eigenvalue weighted by Gasteiger charge is -2.15. The van der Waals surface area contributed by atoms with Gasteiger partial charge in [0, 0.05) is 6.42 Å². The topological polar surface area (TPSA) is 87.2 Å². The number of nitrogens with one attached hydrogen (secondary N) is 2. The van der Waals surface area contributed by atoms with Crippen molar-refractivity contribution in [3.63, 3.8) is 0 Å². The molecular weight excluding hydrogens is 306 g/mol. The number of ether oxygens (including phenoxy) is 1. The van der Waals surface area contributed by atoms with E-state index < -0.39 is 12.1 Å². The first-order valence-electron chi connectivity index (χ1n) is 7.81. The average Bonchev–Trinajstić information content (AvgIpc) is 3.00. The molecule has 1 heterocycles. The molecular formula is C18H19N3O3. The van der Waals surface area contributed by atoms with Crippen molar-refractivity contribution in [2.75, 3.05) is 6.61 Å². The summed E-state index contributed by atoms with van der Waals surface area (Å²) in [6, 6.07) is 14.8. The highest BCUT2D eigenvalue weighted by Crippen LogP contribution is 2.21. The normalized spacial score (nSPS) is 12.0. The number of benzene rings is 2. The molecule has 0 aliphatic rings. The first kappa shape index (κ1) is 15.9. The number of aromatic amines is 1. The molecule has 3 N–H and O–H groups in total. The van der Waals surface area contributed by atoms with Gasteiger partial charge in [-0.3, -0.25) is 0 Å². The summed E-state index contributed by atoms with van der Waals surface area (Å²) in [5.74, 6) is 1.40. The molecule has 1 aromatic heterocycles. The van der Waals surface area contributed by atoms with E-state index in [1.54, 1.807) is 0 Å². The van der Waals surface area contributed by atoms with Crippen LogP contribution in [0.3, 0.4) is 0 Å². The number of hydrogen-bond donors (Lipinski definition) is 3. The van der Waals surface area contributed by atoms with Gasteiger partial charge in [-0.2, -0.15) is 0 Å². The first-order valence-corrected chi connectivity index (χ1v) is 7.81. The number of imidazole rings is 1. The standard InChI is InChI=1S/C18H19N3O3/c1-2-24-13-9-7-12(8-10-13)11-16(21-18(22)23)17-19-14-5-3-4-6-15(14)20-17/h3-10,16,21H,2,11H2,1H3,(H,19,20)(H,22,23). The Balaban J connectivity index is 1.84. The molecule has 124 valence electrons. The van der Waals surface area contributed by atoms with Crippen LogP contribution < -0.4 is 10.1 Å². The zero-order chi connectivity index (χ0) is 16.9. The SMILES string of the molecule is CCOc1ccc(CC(NC(=O)O)c2nc3ccccc3[nH]2)cc1. The monoisotopic (exact) mass is 325 g/mol. The Bertz CT molecular complexity index is 794. The molecule has 0 radical (unpaired) electrons. The number of carbonyl (C=O) groups is 1. The highest BCUT2D eigenvalue weighted by Gasteiger charge is 2.18. The van der Waals surface area contributed by atoms with Crippen molar-refractivity contribution in [1.82, 2.24) is 15.3 Å². The van der Waals surface area contributed by atoms with Gasteiger partial charge in [0.2, 0.25) is 0 Å². The van der Waals surface area contributed by atoms with Crippen molar-refractivity contribution in [2.45, 2.75) is 19.4 Å². The average molecular weight is 325 g/mol. The third-order valence-corrected chi connectivity index (χ3v) is 3.71. The lowest BCUT2D eigenvalue weighted by atomic mass is 10.1. The largest absolute Gasteiger partial charge is 0.494 e. The van der Waals surface area contributed by atoms with Gasteiger partial charge in [0.05, 0.1) is 23.7 Å². The van der Waals surface area contributed by atoms with Crippen molar-refractivity contribution >= 4 is 17.1 Å². The van der Waals surface area contributed by atoms with Crippen LogP contribution in [0.4, 0.5) is 4.79 Å². The molecule has 1 atom stereocenters. The molecule has 0 saturated heterocycles. The molecule has 2 aromatic carbocycles. The fourth-order valence-electron chi connectivity index (χ4n) is 2.63. The van der Waals surface area contributed by atoms with Gasteiger partial charge in [0.25, 0.3) is 0 Å². The zero-order valence-electron chi connectivity index (χ0n) is 13.3. The van der Waals surface area contributed by atoms with Crippen molar-refractivity contribution < 1.29 is 14.6 Å². The maximum absolute atomic E-state index is 11.2. The quantitative estimate of drug-likeness (QED) is 0.647. The number of rotatable bonds is 6. The van der Waals surface area contributed by atoms with Crippen molar-refractivity contribution in [3.8, 4) is 5.75 Å². The van der Waals surface area contributed by atoms with Crippen molar-refractivity contribution in [3.05, 3.63) is 59.9 Å². The summed E-state index contributed by atoms with van der Waals surface area (Å²) in [7, 11) is 0. The van der Waals surface area contributed by atoms with E-state index in [-0.39, 0.29) is 0 Å². The third kappa shape index (κ3) is 3.65. The summed E-state index contributed by atoms with van der Waals surface area (Å²) >= 11 is 0. The second kappa shape index (κ2) is 7.04. The van der Waals surface area contributed by atoms with Crippen LogP contribution in [-0.2, 0) is 6.42 Å². The molecule has 24 heavy (non-hydrogen) atoms. The number of aromatic nitrogens is 2. The maximum Gasteiger partial charge on any atom is 0.405 e. The zero-order valence-corrected chi connectivity index (χ0v) is 13.3. The lowest BCUT2D eigenvalue weighted by Crippen LogP contribution is -2.29. The van der Waals surface area contributed by atoms with Gasteiger partial charge in [-0.05, 0) is 36.8 Å². The van der Waals surface area contributed by atoms with Crippen LogP contribution in [0.2, 0.25) is 0 Å². The molecule has 3 rings (SSSR count). The van der Waals surface area contributed by atoms with Crippen molar-refractivity contribution in [2.24, 2.45) is 0 Å². The third-order valence-electron chi connectivity index (χ3n) is 3.71. The second-order valence-corrected chi connectivity index (χ2v) is 5.42. The minimum absolute atomic E-state index is 0.451. The van der Waals surface area contributed by atoms with E-state index in [9.17, 15) is 4.79 Å². The molecule has 0 aliphatic heterocycles. The predicted molar refractivity (Wildman–Crippen MR) is 91.3 cm³/mol. The van der Waals surface area contributed by atoms with E-state index in [0.717, 1.165) is 22.3 Å².